The fraction of sp³-hybridized carbons (Fsp3) is 0.111. The van der Waals surface area contributed by atoms with Gasteiger partial charge in [0, 0.05) is 5.02 Å². The van der Waals surface area contributed by atoms with Crippen molar-refractivity contribution in [3.05, 3.63) is 45.3 Å². The van der Waals surface area contributed by atoms with Crippen molar-refractivity contribution in [3.63, 3.8) is 0 Å². The zero-order valence-corrected chi connectivity index (χ0v) is 8.97. The van der Waals surface area contributed by atoms with Crippen molar-refractivity contribution < 1.29 is 0 Å². The Morgan fingerprint density at radius 1 is 1.36 bits per heavy atom. The molecule has 0 bridgehead atoms. The summed E-state index contributed by atoms with van der Waals surface area (Å²) in [6, 6.07) is 7.08. The van der Waals surface area contributed by atoms with Crippen molar-refractivity contribution >= 4 is 23.3 Å². The second-order valence-corrected chi connectivity index (χ2v) is 3.98. The highest BCUT2D eigenvalue weighted by atomic mass is 35.5. The quantitative estimate of drug-likeness (QED) is 0.748. The van der Waals surface area contributed by atoms with Crippen LogP contribution >= 0.6 is 23.3 Å². The highest BCUT2D eigenvalue weighted by Crippen LogP contribution is 2.13. The van der Waals surface area contributed by atoms with Crippen molar-refractivity contribution in [1.29, 1.82) is 0 Å². The lowest BCUT2D eigenvalue weighted by Gasteiger charge is -1.97. The molecule has 1 aromatic carbocycles. The molecule has 0 spiro atoms. The van der Waals surface area contributed by atoms with Crippen molar-refractivity contribution in [2.45, 2.75) is 6.92 Å². The van der Waals surface area contributed by atoms with E-state index in [1.54, 1.807) is 31.2 Å². The molecule has 5 heteroatoms. The molecule has 72 valence electrons. The van der Waals surface area contributed by atoms with Crippen LogP contribution in [0.15, 0.2) is 29.1 Å². The van der Waals surface area contributed by atoms with Crippen LogP contribution in [-0.4, -0.2) is 8.33 Å². The van der Waals surface area contributed by atoms with Gasteiger partial charge in [0.1, 0.15) is 5.69 Å². The van der Waals surface area contributed by atoms with Crippen LogP contribution in [0, 0.1) is 6.92 Å². The second-order valence-electron chi connectivity index (χ2n) is 2.83. The van der Waals surface area contributed by atoms with E-state index in [2.05, 4.69) is 4.37 Å². The second kappa shape index (κ2) is 3.55. The van der Waals surface area contributed by atoms with Gasteiger partial charge < -0.3 is 0 Å². The Balaban J connectivity index is 2.55. The zero-order chi connectivity index (χ0) is 10.1. The maximum atomic E-state index is 11.5. The van der Waals surface area contributed by atoms with Crippen LogP contribution in [0.25, 0.3) is 5.69 Å². The highest BCUT2D eigenvalue weighted by molar-refractivity contribution is 7.00. The molecule has 0 aliphatic rings. The average molecular weight is 227 g/mol. The first-order chi connectivity index (χ1) is 6.68. The van der Waals surface area contributed by atoms with Crippen molar-refractivity contribution in [2.75, 3.05) is 0 Å². The van der Waals surface area contributed by atoms with Crippen molar-refractivity contribution in [1.82, 2.24) is 8.33 Å². The lowest BCUT2D eigenvalue weighted by Crippen LogP contribution is -2.12. The van der Waals surface area contributed by atoms with E-state index in [9.17, 15) is 4.79 Å². The molecule has 2 aromatic rings. The van der Waals surface area contributed by atoms with E-state index < -0.39 is 0 Å². The Morgan fingerprint density at radius 2 is 2.00 bits per heavy atom. The normalized spacial score (nSPS) is 10.4. The van der Waals surface area contributed by atoms with Crippen LogP contribution in [0.4, 0.5) is 0 Å². The number of hydrogen-bond donors (Lipinski definition) is 0. The number of halogens is 1. The summed E-state index contributed by atoms with van der Waals surface area (Å²) in [6.45, 7) is 1.70. The van der Waals surface area contributed by atoms with Crippen LogP contribution in [0.3, 0.4) is 0 Å². The van der Waals surface area contributed by atoms with Gasteiger partial charge in [0.15, 0.2) is 0 Å². The van der Waals surface area contributed by atoms with Gasteiger partial charge in [-0.25, -0.2) is 3.96 Å². The van der Waals surface area contributed by atoms with E-state index >= 15 is 0 Å². The summed E-state index contributed by atoms with van der Waals surface area (Å²) in [7, 11) is 0. The van der Waals surface area contributed by atoms with Gasteiger partial charge in [0.25, 0.3) is 5.56 Å². The number of nitrogens with zero attached hydrogens (tertiary/aromatic N) is 2. The van der Waals surface area contributed by atoms with Gasteiger partial charge in [-0.3, -0.25) is 4.79 Å². The Hall–Kier alpha value is -1.13. The van der Waals surface area contributed by atoms with Crippen molar-refractivity contribution in [2.24, 2.45) is 0 Å². The average Bonchev–Trinajstić information content (AvgIpc) is 2.50. The summed E-state index contributed by atoms with van der Waals surface area (Å²) in [5.74, 6) is 0. The van der Waals surface area contributed by atoms with Crippen LogP contribution in [0.5, 0.6) is 0 Å². The summed E-state index contributed by atoms with van der Waals surface area (Å²) >= 11 is 6.89. The molecule has 1 heterocycles. The minimum absolute atomic E-state index is 0.0719. The summed E-state index contributed by atoms with van der Waals surface area (Å²) in [4.78, 5) is 11.5. The maximum Gasteiger partial charge on any atom is 0.288 e. The molecular formula is C9H7ClN2OS. The molecule has 0 saturated heterocycles. The molecule has 0 unspecified atom stereocenters. The largest absolute Gasteiger partial charge is 0.288 e. The number of hydrogen-bond acceptors (Lipinski definition) is 3. The van der Waals surface area contributed by atoms with E-state index in [0.717, 1.165) is 17.4 Å². The topological polar surface area (TPSA) is 34.9 Å². The fourth-order valence-electron chi connectivity index (χ4n) is 1.07. The third kappa shape index (κ3) is 1.58. The van der Waals surface area contributed by atoms with Crippen LogP contribution in [0.2, 0.25) is 5.02 Å². The molecule has 0 saturated carbocycles. The number of aromatic nitrogens is 2. The van der Waals surface area contributed by atoms with Gasteiger partial charge in [-0.05, 0) is 31.2 Å². The Bertz CT molecular complexity index is 500. The maximum absolute atomic E-state index is 11.5. The first-order valence-corrected chi connectivity index (χ1v) is 5.11. The molecule has 2 rings (SSSR count). The molecule has 14 heavy (non-hydrogen) atoms. The standard InChI is InChI=1S/C9H7ClN2OS/c1-6-9(13)12(14-11-6)8-4-2-7(10)3-5-8/h2-5H,1H3. The van der Waals surface area contributed by atoms with Gasteiger partial charge in [0.2, 0.25) is 0 Å². The molecule has 0 aliphatic heterocycles. The molecule has 0 radical (unpaired) electrons. The Labute approximate surface area is 89.9 Å². The predicted octanol–water partition coefficient (Wildman–Crippen LogP) is 2.26. The van der Waals surface area contributed by atoms with Gasteiger partial charge in [-0.1, -0.05) is 11.6 Å². The van der Waals surface area contributed by atoms with E-state index in [4.69, 9.17) is 11.6 Å². The third-order valence-electron chi connectivity index (χ3n) is 1.81. The number of aryl methyl sites for hydroxylation is 1. The van der Waals surface area contributed by atoms with Gasteiger partial charge in [-0.2, -0.15) is 4.37 Å². The number of rotatable bonds is 1. The Morgan fingerprint density at radius 3 is 2.50 bits per heavy atom. The fourth-order valence-corrected chi connectivity index (χ4v) is 1.90. The van der Waals surface area contributed by atoms with Crippen LogP contribution < -0.4 is 5.56 Å². The first-order valence-electron chi connectivity index (χ1n) is 4.00. The Kier molecular flexibility index (Phi) is 2.39. The predicted molar refractivity (Wildman–Crippen MR) is 57.5 cm³/mol. The monoisotopic (exact) mass is 226 g/mol. The van der Waals surface area contributed by atoms with Crippen LogP contribution in [-0.2, 0) is 0 Å². The molecule has 0 aliphatic carbocycles. The minimum atomic E-state index is -0.0719. The van der Waals surface area contributed by atoms with E-state index in [1.165, 1.54) is 3.96 Å². The van der Waals surface area contributed by atoms with Gasteiger partial charge in [-0.15, -0.1) is 0 Å². The lowest BCUT2D eigenvalue weighted by atomic mass is 10.3. The zero-order valence-electron chi connectivity index (χ0n) is 7.40. The van der Waals surface area contributed by atoms with Crippen molar-refractivity contribution in [3.8, 4) is 5.69 Å². The summed E-state index contributed by atoms with van der Waals surface area (Å²) in [5.41, 5.74) is 1.24. The van der Waals surface area contributed by atoms with Crippen LogP contribution in [0.1, 0.15) is 5.69 Å². The summed E-state index contributed by atoms with van der Waals surface area (Å²) in [6.07, 6.45) is 0. The van der Waals surface area contributed by atoms with E-state index in [-0.39, 0.29) is 5.56 Å². The van der Waals surface area contributed by atoms with E-state index in [0.29, 0.717) is 10.7 Å². The lowest BCUT2D eigenvalue weighted by molar-refractivity contribution is 1.10. The molecule has 3 nitrogen and oxygen atoms in total. The smallest absolute Gasteiger partial charge is 0.266 e. The molecule has 0 N–H and O–H groups in total. The minimum Gasteiger partial charge on any atom is -0.266 e. The van der Waals surface area contributed by atoms with E-state index in [1.807, 2.05) is 0 Å². The molecule has 1 aromatic heterocycles. The highest BCUT2D eigenvalue weighted by Gasteiger charge is 2.05. The molecule has 0 amide bonds. The first kappa shape index (κ1) is 9.43. The van der Waals surface area contributed by atoms with Gasteiger partial charge >= 0.3 is 0 Å². The SMILES string of the molecule is Cc1nsn(-c2ccc(Cl)cc2)c1=O. The van der Waals surface area contributed by atoms with Gasteiger partial charge in [0.05, 0.1) is 17.4 Å². The number of benzene rings is 1. The molecule has 0 atom stereocenters. The molecule has 0 fully saturated rings. The summed E-state index contributed by atoms with van der Waals surface area (Å²) < 4.78 is 5.51. The summed E-state index contributed by atoms with van der Waals surface area (Å²) in [5, 5.41) is 0.656. The molecular weight excluding hydrogens is 220 g/mol. The third-order valence-corrected chi connectivity index (χ3v) is 2.96.